The lowest BCUT2D eigenvalue weighted by molar-refractivity contribution is -0.407. The van der Waals surface area contributed by atoms with Gasteiger partial charge < -0.3 is 9.84 Å². The van der Waals surface area contributed by atoms with E-state index in [2.05, 4.69) is 11.3 Å². The van der Waals surface area contributed by atoms with Gasteiger partial charge in [0.05, 0.1) is 0 Å². The maximum atomic E-state index is 10.2. The Morgan fingerprint density at radius 3 is 2.33 bits per heavy atom. The quantitative estimate of drug-likeness (QED) is 0.244. The molecule has 0 saturated heterocycles. The smallest absolute Gasteiger partial charge is 0.450 e. The Morgan fingerprint density at radius 2 is 2.00 bits per heavy atom. The lowest BCUT2D eigenvalue weighted by Crippen LogP contribution is -2.33. The van der Waals surface area contributed by atoms with Gasteiger partial charge >= 0.3 is 6.16 Å². The summed E-state index contributed by atoms with van der Waals surface area (Å²) < 4.78 is 4.33. The Morgan fingerprint density at radius 1 is 1.47 bits per heavy atom. The van der Waals surface area contributed by atoms with Crippen LogP contribution in [0.15, 0.2) is 12.7 Å². The second-order valence-electron chi connectivity index (χ2n) is 3.93. The maximum absolute atomic E-state index is 10.2. The van der Waals surface area contributed by atoms with E-state index in [4.69, 9.17) is 14.9 Å². The van der Waals surface area contributed by atoms with E-state index in [9.17, 15) is 4.79 Å². The van der Waals surface area contributed by atoms with Crippen molar-refractivity contribution in [2.75, 3.05) is 0 Å². The third kappa shape index (κ3) is 5.39. The van der Waals surface area contributed by atoms with E-state index >= 15 is 0 Å². The molecule has 1 N–H and O–H groups in total. The SMILES string of the molecule is C=CC(OOC(C)(C)C(C)C)OC(=O)O. The van der Waals surface area contributed by atoms with Crippen LogP contribution in [0.5, 0.6) is 0 Å². The minimum atomic E-state index is -1.44. The summed E-state index contributed by atoms with van der Waals surface area (Å²) in [5.74, 6) is 0.216. The fraction of sp³-hybridized carbons (Fsp3) is 0.700. The van der Waals surface area contributed by atoms with Gasteiger partial charge in [-0.25, -0.2) is 9.68 Å². The molecule has 0 aromatic heterocycles. The molecular weight excluding hydrogens is 200 g/mol. The molecule has 0 radical (unpaired) electrons. The lowest BCUT2D eigenvalue weighted by Gasteiger charge is -2.28. The first-order valence-corrected chi connectivity index (χ1v) is 4.66. The number of hydrogen-bond donors (Lipinski definition) is 1. The zero-order valence-electron chi connectivity index (χ0n) is 9.52. The van der Waals surface area contributed by atoms with Crippen molar-refractivity contribution >= 4 is 6.16 Å². The predicted molar refractivity (Wildman–Crippen MR) is 54.2 cm³/mol. The fourth-order valence-electron chi connectivity index (χ4n) is 0.474. The summed E-state index contributed by atoms with van der Waals surface area (Å²) in [7, 11) is 0. The zero-order valence-corrected chi connectivity index (χ0v) is 9.52. The number of ether oxygens (including phenoxy) is 1. The molecule has 5 heteroatoms. The largest absolute Gasteiger partial charge is 0.508 e. The topological polar surface area (TPSA) is 65.0 Å². The van der Waals surface area contributed by atoms with Gasteiger partial charge in [-0.3, -0.25) is 0 Å². The Kier molecular flexibility index (Phi) is 5.32. The van der Waals surface area contributed by atoms with E-state index in [1.54, 1.807) is 0 Å². The molecule has 0 spiro atoms. The molecule has 0 fully saturated rings. The van der Waals surface area contributed by atoms with Gasteiger partial charge in [0.1, 0.15) is 5.60 Å². The molecule has 0 amide bonds. The van der Waals surface area contributed by atoms with Crippen molar-refractivity contribution in [1.82, 2.24) is 0 Å². The van der Waals surface area contributed by atoms with Crippen molar-refractivity contribution in [3.05, 3.63) is 12.7 Å². The lowest BCUT2D eigenvalue weighted by atomic mass is 9.95. The highest BCUT2D eigenvalue weighted by molar-refractivity contribution is 5.57. The summed E-state index contributed by atoms with van der Waals surface area (Å²) >= 11 is 0. The van der Waals surface area contributed by atoms with Crippen molar-refractivity contribution in [1.29, 1.82) is 0 Å². The number of hydrogen-bond acceptors (Lipinski definition) is 4. The van der Waals surface area contributed by atoms with Gasteiger partial charge in [-0.15, -0.1) is 0 Å². The van der Waals surface area contributed by atoms with E-state index in [0.29, 0.717) is 0 Å². The minimum absolute atomic E-state index is 0.216. The van der Waals surface area contributed by atoms with E-state index < -0.39 is 18.0 Å². The second-order valence-corrected chi connectivity index (χ2v) is 3.93. The van der Waals surface area contributed by atoms with E-state index in [1.165, 1.54) is 6.08 Å². The Labute approximate surface area is 89.6 Å². The van der Waals surface area contributed by atoms with Crippen LogP contribution in [0, 0.1) is 5.92 Å². The van der Waals surface area contributed by atoms with Crippen molar-refractivity contribution in [3.63, 3.8) is 0 Å². The van der Waals surface area contributed by atoms with E-state index in [0.717, 1.165) is 0 Å². The molecule has 0 aromatic carbocycles. The van der Waals surface area contributed by atoms with E-state index in [-0.39, 0.29) is 5.92 Å². The molecular formula is C10H18O5. The van der Waals surface area contributed by atoms with Crippen LogP contribution in [0.1, 0.15) is 27.7 Å². The first kappa shape index (κ1) is 13.9. The summed E-state index contributed by atoms with van der Waals surface area (Å²) in [5.41, 5.74) is -0.525. The summed E-state index contributed by atoms with van der Waals surface area (Å²) in [5, 5.41) is 8.35. The van der Waals surface area contributed by atoms with Gasteiger partial charge in [-0.2, -0.15) is 4.89 Å². The van der Waals surface area contributed by atoms with Crippen LogP contribution >= 0.6 is 0 Å². The molecule has 5 nitrogen and oxygen atoms in total. The molecule has 0 heterocycles. The highest BCUT2D eigenvalue weighted by Crippen LogP contribution is 2.21. The zero-order chi connectivity index (χ0) is 12.1. The molecule has 1 unspecified atom stereocenters. The number of rotatable bonds is 6. The van der Waals surface area contributed by atoms with Crippen LogP contribution in [-0.4, -0.2) is 23.2 Å². The fourth-order valence-corrected chi connectivity index (χ4v) is 0.474. The second kappa shape index (κ2) is 5.72. The molecule has 0 aliphatic rings. The van der Waals surface area contributed by atoms with Gasteiger partial charge in [0, 0.05) is 0 Å². The molecule has 1 atom stereocenters. The Balaban J connectivity index is 4.11. The van der Waals surface area contributed by atoms with Gasteiger partial charge in [-0.05, 0) is 25.8 Å². The highest BCUT2D eigenvalue weighted by Gasteiger charge is 2.26. The summed E-state index contributed by atoms with van der Waals surface area (Å²) in [6, 6.07) is 0. The molecule has 0 aliphatic heterocycles. The number of carbonyl (C=O) groups is 1. The summed E-state index contributed by atoms with van der Waals surface area (Å²) in [6.45, 7) is 11.0. The van der Waals surface area contributed by atoms with Crippen LogP contribution in [0.2, 0.25) is 0 Å². The average molecular weight is 218 g/mol. The molecule has 88 valence electrons. The Bertz CT molecular complexity index is 222. The van der Waals surface area contributed by atoms with Gasteiger partial charge in [0.25, 0.3) is 6.29 Å². The summed E-state index contributed by atoms with van der Waals surface area (Å²) in [4.78, 5) is 20.1. The molecule has 0 aliphatic carbocycles. The Hall–Kier alpha value is -1.07. The molecule has 0 saturated carbocycles. The van der Waals surface area contributed by atoms with Crippen molar-refractivity contribution in [2.24, 2.45) is 5.92 Å². The van der Waals surface area contributed by atoms with Crippen molar-refractivity contribution < 1.29 is 24.4 Å². The van der Waals surface area contributed by atoms with Gasteiger partial charge in [0.15, 0.2) is 0 Å². The number of carboxylic acid groups (broad SMARTS) is 1. The highest BCUT2D eigenvalue weighted by atomic mass is 17.2. The monoisotopic (exact) mass is 218 g/mol. The molecule has 15 heavy (non-hydrogen) atoms. The normalized spacial score (nSPS) is 13.7. The van der Waals surface area contributed by atoms with Crippen LogP contribution < -0.4 is 0 Å². The third-order valence-electron chi connectivity index (χ3n) is 2.16. The predicted octanol–water partition coefficient (Wildman–Crippen LogP) is 2.58. The molecule has 0 bridgehead atoms. The van der Waals surface area contributed by atoms with Gasteiger partial charge in [-0.1, -0.05) is 20.4 Å². The van der Waals surface area contributed by atoms with E-state index in [1.807, 2.05) is 27.7 Å². The minimum Gasteiger partial charge on any atom is -0.450 e. The van der Waals surface area contributed by atoms with Crippen LogP contribution in [-0.2, 0) is 14.5 Å². The maximum Gasteiger partial charge on any atom is 0.508 e. The molecule has 0 aromatic rings. The van der Waals surface area contributed by atoms with Crippen molar-refractivity contribution in [3.8, 4) is 0 Å². The van der Waals surface area contributed by atoms with Crippen LogP contribution in [0.3, 0.4) is 0 Å². The van der Waals surface area contributed by atoms with Crippen molar-refractivity contribution in [2.45, 2.75) is 39.6 Å². The van der Waals surface area contributed by atoms with Gasteiger partial charge in [0.2, 0.25) is 0 Å². The third-order valence-corrected chi connectivity index (χ3v) is 2.16. The first-order valence-electron chi connectivity index (χ1n) is 4.66. The van der Waals surface area contributed by atoms with Crippen LogP contribution in [0.25, 0.3) is 0 Å². The standard InChI is InChI=1S/C10H18O5/c1-6-8(13-9(11)12)14-15-10(4,5)7(2)3/h6-8H,1H2,2-5H3,(H,11,12). The molecule has 0 rings (SSSR count). The average Bonchev–Trinajstić information content (AvgIpc) is 2.11. The first-order chi connectivity index (χ1) is 6.79. The van der Waals surface area contributed by atoms with Crippen LogP contribution in [0.4, 0.5) is 4.79 Å². The summed E-state index contributed by atoms with van der Waals surface area (Å²) in [6.07, 6.45) is -1.35.